The molecule has 1 saturated heterocycles. The van der Waals surface area contributed by atoms with E-state index in [9.17, 15) is 13.2 Å². The molecule has 2 aliphatic heterocycles. The minimum absolute atomic E-state index is 0.245. The summed E-state index contributed by atoms with van der Waals surface area (Å²) in [5.41, 5.74) is 5.85. The second-order valence-corrected chi connectivity index (χ2v) is 15.7. The van der Waals surface area contributed by atoms with Gasteiger partial charge in [-0.1, -0.05) is 61.0 Å². The molecule has 4 atom stereocenters. The SMILES string of the molecule is COc1cc2c3c(c4c(c2cc1OC)-c1ccc(C(F)(F)F)cc1C41CC2CCC1C2)C=CC(c1ccccc1)(c1ccc(N2CCCCC2)cc1)O3. The fourth-order valence-corrected chi connectivity index (χ4v) is 10.9. The number of piperidine rings is 1. The molecule has 2 bridgehead atoms. The van der Waals surface area contributed by atoms with E-state index in [0.29, 0.717) is 17.4 Å². The Balaban J connectivity index is 1.25. The molecule has 1 spiro atoms. The minimum Gasteiger partial charge on any atom is -0.493 e. The van der Waals surface area contributed by atoms with Crippen molar-refractivity contribution in [1.82, 2.24) is 0 Å². The number of methoxy groups -OCH3 is 2. The van der Waals surface area contributed by atoms with Crippen molar-refractivity contribution in [2.24, 2.45) is 11.8 Å². The van der Waals surface area contributed by atoms with Crippen molar-refractivity contribution < 1.29 is 27.4 Å². The fourth-order valence-electron chi connectivity index (χ4n) is 10.9. The van der Waals surface area contributed by atoms with Crippen LogP contribution in [0.2, 0.25) is 0 Å². The van der Waals surface area contributed by atoms with Gasteiger partial charge >= 0.3 is 6.18 Å². The summed E-state index contributed by atoms with van der Waals surface area (Å²) in [6.07, 6.45) is 7.60. The standard InChI is InChI=1S/C46H42F3NO3/c1-51-39-25-36-37(26-40(39)52-2)43-35(42-41(36)34-18-15-32(46(47,48)49)24-38(34)44(42)27-28-11-12-31(44)23-28)19-20-45(53-43,29-9-5-3-6-10-29)30-13-16-33(17-14-30)50-21-7-4-8-22-50/h3,5-6,9-10,13-20,24-26,28,31H,4,7-8,11-12,21-23,27H2,1-2H3. The summed E-state index contributed by atoms with van der Waals surface area (Å²) in [7, 11) is 3.25. The Morgan fingerprint density at radius 3 is 2.17 bits per heavy atom. The highest BCUT2D eigenvalue weighted by atomic mass is 19.4. The maximum atomic E-state index is 14.4. The Bertz CT molecular complexity index is 2290. The van der Waals surface area contributed by atoms with Crippen LogP contribution in [0.1, 0.15) is 78.3 Å². The molecule has 2 heterocycles. The van der Waals surface area contributed by atoms with E-state index >= 15 is 0 Å². The van der Waals surface area contributed by atoms with Crippen LogP contribution in [0.15, 0.2) is 91.0 Å². The first-order valence-electron chi connectivity index (χ1n) is 19.0. The molecule has 0 amide bonds. The van der Waals surface area contributed by atoms with Gasteiger partial charge in [0, 0.05) is 46.3 Å². The van der Waals surface area contributed by atoms with Gasteiger partial charge in [0.2, 0.25) is 0 Å². The van der Waals surface area contributed by atoms with Crippen molar-refractivity contribution in [3.63, 3.8) is 0 Å². The first kappa shape index (κ1) is 32.7. The Morgan fingerprint density at radius 1 is 0.792 bits per heavy atom. The average molecular weight is 714 g/mol. The Labute approximate surface area is 308 Å². The summed E-state index contributed by atoms with van der Waals surface area (Å²) in [6.45, 7) is 2.12. The third-order valence-electron chi connectivity index (χ3n) is 13.2. The predicted molar refractivity (Wildman–Crippen MR) is 203 cm³/mol. The van der Waals surface area contributed by atoms with Gasteiger partial charge in [0.25, 0.3) is 0 Å². The highest BCUT2D eigenvalue weighted by Crippen LogP contribution is 2.69. The Hall–Kier alpha value is -4.91. The summed E-state index contributed by atoms with van der Waals surface area (Å²) in [5, 5.41) is 1.74. The van der Waals surface area contributed by atoms with Crippen LogP contribution in [0.25, 0.3) is 28.0 Å². The summed E-state index contributed by atoms with van der Waals surface area (Å²) < 4.78 is 62.6. The normalized spacial score (nSPS) is 25.3. The molecular formula is C46H42F3NO3. The third kappa shape index (κ3) is 4.68. The lowest BCUT2D eigenvalue weighted by Crippen LogP contribution is -2.37. The average Bonchev–Trinajstić information content (AvgIpc) is 3.90. The van der Waals surface area contributed by atoms with Gasteiger partial charge in [0.15, 0.2) is 17.1 Å². The molecule has 3 fully saturated rings. The molecule has 3 aliphatic carbocycles. The van der Waals surface area contributed by atoms with Crippen LogP contribution in [0.5, 0.6) is 17.2 Å². The van der Waals surface area contributed by atoms with Crippen LogP contribution in [0.4, 0.5) is 18.9 Å². The zero-order valence-electron chi connectivity index (χ0n) is 30.1. The number of anilines is 1. The second-order valence-electron chi connectivity index (χ2n) is 15.7. The molecule has 270 valence electrons. The quantitative estimate of drug-likeness (QED) is 0.181. The van der Waals surface area contributed by atoms with E-state index in [1.165, 1.54) is 37.1 Å². The summed E-state index contributed by atoms with van der Waals surface area (Å²) in [4.78, 5) is 2.46. The van der Waals surface area contributed by atoms with E-state index in [2.05, 4.69) is 53.5 Å². The smallest absolute Gasteiger partial charge is 0.416 e. The van der Waals surface area contributed by atoms with E-state index < -0.39 is 22.8 Å². The van der Waals surface area contributed by atoms with E-state index in [0.717, 1.165) is 94.2 Å². The molecule has 4 nitrogen and oxygen atoms in total. The highest BCUT2D eigenvalue weighted by Gasteiger charge is 2.59. The molecule has 5 aromatic rings. The molecular weight excluding hydrogens is 672 g/mol. The van der Waals surface area contributed by atoms with Gasteiger partial charge in [0.05, 0.1) is 19.8 Å². The molecule has 0 radical (unpaired) electrons. The summed E-state index contributed by atoms with van der Waals surface area (Å²) in [6, 6.07) is 27.5. The first-order valence-corrected chi connectivity index (χ1v) is 19.0. The van der Waals surface area contributed by atoms with Crippen molar-refractivity contribution >= 4 is 22.5 Å². The summed E-state index contributed by atoms with van der Waals surface area (Å²) in [5.74, 6) is 2.57. The molecule has 7 heteroatoms. The van der Waals surface area contributed by atoms with E-state index in [1.54, 1.807) is 20.3 Å². The monoisotopic (exact) mass is 713 g/mol. The highest BCUT2D eigenvalue weighted by molar-refractivity contribution is 6.10. The van der Waals surface area contributed by atoms with Crippen molar-refractivity contribution in [3.05, 3.63) is 124 Å². The molecule has 0 N–H and O–H groups in total. The zero-order chi connectivity index (χ0) is 36.1. The van der Waals surface area contributed by atoms with E-state index in [1.807, 2.05) is 30.3 Å². The van der Waals surface area contributed by atoms with Gasteiger partial charge < -0.3 is 19.1 Å². The molecule has 2 saturated carbocycles. The second kappa shape index (κ2) is 11.8. The van der Waals surface area contributed by atoms with Gasteiger partial charge in [-0.2, -0.15) is 13.2 Å². The number of hydrogen-bond donors (Lipinski definition) is 0. The number of benzene rings is 5. The number of rotatable bonds is 5. The first-order chi connectivity index (χ1) is 25.7. The number of nitrogens with zero attached hydrogens (tertiary/aromatic N) is 1. The van der Waals surface area contributed by atoms with Crippen molar-refractivity contribution in [1.29, 1.82) is 0 Å². The largest absolute Gasteiger partial charge is 0.493 e. The molecule has 4 unspecified atom stereocenters. The number of halogens is 3. The lowest BCUT2D eigenvalue weighted by atomic mass is 9.65. The van der Waals surface area contributed by atoms with Gasteiger partial charge in [0.1, 0.15) is 5.75 Å². The van der Waals surface area contributed by atoms with Crippen molar-refractivity contribution in [2.45, 2.75) is 62.1 Å². The van der Waals surface area contributed by atoms with Crippen LogP contribution in [0.3, 0.4) is 0 Å². The summed E-state index contributed by atoms with van der Waals surface area (Å²) >= 11 is 0. The predicted octanol–water partition coefficient (Wildman–Crippen LogP) is 11.3. The molecule has 53 heavy (non-hydrogen) atoms. The molecule has 5 aliphatic rings. The molecule has 5 aromatic carbocycles. The van der Waals surface area contributed by atoms with Crippen LogP contribution < -0.4 is 19.1 Å². The third-order valence-corrected chi connectivity index (χ3v) is 13.2. The lowest BCUT2D eigenvalue weighted by molar-refractivity contribution is -0.137. The molecule has 10 rings (SSSR count). The zero-order valence-corrected chi connectivity index (χ0v) is 30.1. The number of fused-ring (bicyclic) bond motifs is 13. The number of alkyl halides is 3. The lowest BCUT2D eigenvalue weighted by Gasteiger charge is -2.41. The maximum absolute atomic E-state index is 14.4. The van der Waals surface area contributed by atoms with E-state index in [4.69, 9.17) is 14.2 Å². The van der Waals surface area contributed by atoms with Gasteiger partial charge in [-0.05, 0) is 120 Å². The van der Waals surface area contributed by atoms with Crippen LogP contribution >= 0.6 is 0 Å². The van der Waals surface area contributed by atoms with E-state index in [-0.39, 0.29) is 5.92 Å². The van der Waals surface area contributed by atoms with Gasteiger partial charge in [-0.3, -0.25) is 0 Å². The number of ether oxygens (including phenoxy) is 3. The Morgan fingerprint density at radius 2 is 1.51 bits per heavy atom. The molecule has 0 aromatic heterocycles. The van der Waals surface area contributed by atoms with Gasteiger partial charge in [-0.15, -0.1) is 0 Å². The van der Waals surface area contributed by atoms with Crippen molar-refractivity contribution in [2.75, 3.05) is 32.2 Å². The minimum atomic E-state index is -4.44. The van der Waals surface area contributed by atoms with Gasteiger partial charge in [-0.25, -0.2) is 0 Å². The van der Waals surface area contributed by atoms with Crippen LogP contribution in [-0.2, 0) is 17.2 Å². The van der Waals surface area contributed by atoms with Crippen molar-refractivity contribution in [3.8, 4) is 28.4 Å². The Kier molecular flexibility index (Phi) is 7.28. The van der Waals surface area contributed by atoms with Crippen LogP contribution in [0, 0.1) is 11.8 Å². The number of hydrogen-bond acceptors (Lipinski definition) is 4. The topological polar surface area (TPSA) is 30.9 Å². The maximum Gasteiger partial charge on any atom is 0.416 e. The van der Waals surface area contributed by atoms with Crippen LogP contribution in [-0.4, -0.2) is 27.3 Å². The fraction of sp³-hybridized carbons (Fsp3) is 0.348.